The van der Waals surface area contributed by atoms with Gasteiger partial charge in [-0.3, -0.25) is 0 Å². The smallest absolute Gasteiger partial charge is 0.165 e. The minimum Gasteiger partial charge on any atom is -0.493 e. The maximum atomic E-state index is 9.14. The molecule has 1 aromatic carbocycles. The summed E-state index contributed by atoms with van der Waals surface area (Å²) in [6, 6.07) is 5.01. The summed E-state index contributed by atoms with van der Waals surface area (Å²) in [7, 11) is 4.05. The molecule has 1 spiro atoms. The van der Waals surface area contributed by atoms with E-state index in [0.29, 0.717) is 24.4 Å². The largest absolute Gasteiger partial charge is 0.493 e. The first kappa shape index (κ1) is 16.8. The predicted molar refractivity (Wildman–Crippen MR) is 100.0 cm³/mol. The number of aliphatic hydroxyl groups excluding tert-OH is 1. The summed E-state index contributed by atoms with van der Waals surface area (Å²) >= 11 is 0. The molecule has 1 aromatic rings. The summed E-state index contributed by atoms with van der Waals surface area (Å²) in [4.78, 5) is 2.59. The molecule has 5 heteroatoms. The molecule has 1 saturated heterocycles. The minimum atomic E-state index is 0.151. The van der Waals surface area contributed by atoms with Gasteiger partial charge >= 0.3 is 0 Å². The van der Waals surface area contributed by atoms with Gasteiger partial charge in [-0.15, -0.1) is 0 Å². The molecule has 1 saturated carbocycles. The molecule has 2 unspecified atom stereocenters. The van der Waals surface area contributed by atoms with Crippen molar-refractivity contribution in [2.45, 2.75) is 43.2 Å². The molecule has 0 amide bonds. The highest BCUT2D eigenvalue weighted by Gasteiger charge is 2.65. The third-order valence-electron chi connectivity index (χ3n) is 7.62. The van der Waals surface area contributed by atoms with Gasteiger partial charge in [0.2, 0.25) is 0 Å². The Kier molecular flexibility index (Phi) is 3.96. The van der Waals surface area contributed by atoms with E-state index in [-0.39, 0.29) is 18.1 Å². The van der Waals surface area contributed by atoms with Crippen LogP contribution in [0.25, 0.3) is 0 Å². The number of nitrogens with zero attached hydrogens (tertiary/aromatic N) is 1. The first-order valence-corrected chi connectivity index (χ1v) is 10.1. The molecule has 5 rings (SSSR count). The van der Waals surface area contributed by atoms with Crippen LogP contribution in [0.4, 0.5) is 0 Å². The van der Waals surface area contributed by atoms with Crippen LogP contribution >= 0.6 is 0 Å². The normalized spacial score (nSPS) is 37.2. The molecule has 5 nitrogen and oxygen atoms in total. The molecule has 26 heavy (non-hydrogen) atoms. The molecule has 2 N–H and O–H groups in total. The maximum absolute atomic E-state index is 9.14. The van der Waals surface area contributed by atoms with E-state index < -0.39 is 0 Å². The highest BCUT2D eigenvalue weighted by atomic mass is 16.5. The molecular weight excluding hydrogens is 328 g/mol. The first-order valence-electron chi connectivity index (χ1n) is 10.1. The van der Waals surface area contributed by atoms with Crippen molar-refractivity contribution in [3.05, 3.63) is 23.3 Å². The molecule has 142 valence electrons. The van der Waals surface area contributed by atoms with Gasteiger partial charge in [-0.25, -0.2) is 0 Å². The first-order chi connectivity index (χ1) is 12.7. The summed E-state index contributed by atoms with van der Waals surface area (Å²) in [5.74, 6) is 3.09. The number of nitrogens with one attached hydrogen (secondary N) is 1. The Morgan fingerprint density at radius 1 is 1.38 bits per heavy atom. The summed E-state index contributed by atoms with van der Waals surface area (Å²) in [6.45, 7) is 2.92. The molecule has 2 heterocycles. The van der Waals surface area contributed by atoms with E-state index in [9.17, 15) is 0 Å². The van der Waals surface area contributed by atoms with Gasteiger partial charge in [0.15, 0.2) is 11.5 Å². The lowest BCUT2D eigenvalue weighted by Gasteiger charge is -2.59. The third kappa shape index (κ3) is 2.08. The monoisotopic (exact) mass is 358 g/mol. The zero-order valence-electron chi connectivity index (χ0n) is 15.8. The standard InChI is InChI=1S/C21H30N2O3/c1-23-9-7-21-15-5-3-14(12-22-8-10-24)20(21)26-19-17(25-2)6-4-13(18(19)21)11-16(15)23/h4,6,14-16,20,22,24H,3,5,7-12H2,1-2H3/t14?,15-,16+,20-,21?/m1/s1. The molecule has 5 atom stereocenters. The van der Waals surface area contributed by atoms with Crippen molar-refractivity contribution in [2.75, 3.05) is 40.4 Å². The van der Waals surface area contributed by atoms with Crippen LogP contribution in [0.2, 0.25) is 0 Å². The van der Waals surface area contributed by atoms with Gasteiger partial charge in [0.1, 0.15) is 6.10 Å². The van der Waals surface area contributed by atoms with E-state index in [1.807, 2.05) is 0 Å². The number of rotatable bonds is 5. The van der Waals surface area contributed by atoms with E-state index >= 15 is 0 Å². The fourth-order valence-corrected chi connectivity index (χ4v) is 6.57. The van der Waals surface area contributed by atoms with Crippen molar-refractivity contribution in [1.29, 1.82) is 0 Å². The number of likely N-dealkylation sites (tertiary alicyclic amines) is 1. The molecule has 2 bridgehead atoms. The SMILES string of the molecule is COc1ccc2c3c1O[C@@H]1C(CNCCO)CC[C@@H]4[C@H](C2)N(C)CCC314. The second kappa shape index (κ2) is 6.11. The number of methoxy groups -OCH3 is 1. The molecule has 0 aromatic heterocycles. The average molecular weight is 358 g/mol. The fourth-order valence-electron chi connectivity index (χ4n) is 6.57. The van der Waals surface area contributed by atoms with E-state index in [2.05, 4.69) is 29.4 Å². The van der Waals surface area contributed by atoms with E-state index in [1.165, 1.54) is 30.4 Å². The second-order valence-corrected chi connectivity index (χ2v) is 8.58. The Hall–Kier alpha value is -1.30. The van der Waals surface area contributed by atoms with E-state index in [1.54, 1.807) is 7.11 Å². The van der Waals surface area contributed by atoms with Crippen LogP contribution in [-0.2, 0) is 11.8 Å². The Morgan fingerprint density at radius 3 is 3.08 bits per heavy atom. The van der Waals surface area contributed by atoms with Gasteiger partial charge in [0.25, 0.3) is 0 Å². The predicted octanol–water partition coefficient (Wildman–Crippen LogP) is 1.56. The molecule has 2 aliphatic carbocycles. The Bertz CT molecular complexity index is 709. The number of ether oxygens (including phenoxy) is 2. The van der Waals surface area contributed by atoms with Gasteiger partial charge < -0.3 is 24.8 Å². The fraction of sp³-hybridized carbons (Fsp3) is 0.714. The summed E-state index contributed by atoms with van der Waals surface area (Å²) in [5, 5.41) is 12.6. The van der Waals surface area contributed by atoms with Crippen LogP contribution in [0.15, 0.2) is 12.1 Å². The highest BCUT2D eigenvalue weighted by Crippen LogP contribution is 2.64. The van der Waals surface area contributed by atoms with Crippen molar-refractivity contribution >= 4 is 0 Å². The number of piperidine rings is 1. The van der Waals surface area contributed by atoms with E-state index in [0.717, 1.165) is 31.0 Å². The number of likely N-dealkylation sites (N-methyl/N-ethyl adjacent to an activating group) is 1. The van der Waals surface area contributed by atoms with Crippen LogP contribution < -0.4 is 14.8 Å². The highest BCUT2D eigenvalue weighted by molar-refractivity contribution is 5.61. The Morgan fingerprint density at radius 2 is 2.27 bits per heavy atom. The van der Waals surface area contributed by atoms with Gasteiger partial charge in [-0.1, -0.05) is 6.07 Å². The average Bonchev–Trinajstić information content (AvgIpc) is 3.00. The molecule has 0 radical (unpaired) electrons. The molecule has 4 aliphatic rings. The maximum Gasteiger partial charge on any atom is 0.165 e. The van der Waals surface area contributed by atoms with Crippen LogP contribution in [0, 0.1) is 11.8 Å². The van der Waals surface area contributed by atoms with Crippen molar-refractivity contribution in [3.8, 4) is 11.5 Å². The topological polar surface area (TPSA) is 54.0 Å². The quantitative estimate of drug-likeness (QED) is 0.783. The molecule has 2 fully saturated rings. The van der Waals surface area contributed by atoms with Crippen molar-refractivity contribution < 1.29 is 14.6 Å². The lowest BCUT2D eigenvalue weighted by Crippen LogP contribution is -2.65. The molecule has 2 aliphatic heterocycles. The van der Waals surface area contributed by atoms with Gasteiger partial charge in [-0.2, -0.15) is 0 Å². The number of hydrogen-bond acceptors (Lipinski definition) is 5. The Labute approximate surface area is 155 Å². The van der Waals surface area contributed by atoms with Crippen LogP contribution in [0.1, 0.15) is 30.4 Å². The van der Waals surface area contributed by atoms with Crippen LogP contribution in [0.5, 0.6) is 11.5 Å². The zero-order chi connectivity index (χ0) is 17.9. The lowest BCUT2D eigenvalue weighted by molar-refractivity contribution is -0.0685. The second-order valence-electron chi connectivity index (χ2n) is 8.58. The van der Waals surface area contributed by atoms with Crippen molar-refractivity contribution in [2.24, 2.45) is 11.8 Å². The minimum absolute atomic E-state index is 0.151. The van der Waals surface area contributed by atoms with Gasteiger partial charge in [0.05, 0.1) is 13.7 Å². The van der Waals surface area contributed by atoms with Gasteiger partial charge in [0, 0.05) is 36.0 Å². The summed E-state index contributed by atoms with van der Waals surface area (Å²) in [5.41, 5.74) is 3.10. The number of aliphatic hydroxyl groups is 1. The number of benzene rings is 1. The van der Waals surface area contributed by atoms with Gasteiger partial charge in [-0.05, 0) is 56.8 Å². The summed E-state index contributed by atoms with van der Waals surface area (Å²) in [6.07, 6.45) is 5.02. The van der Waals surface area contributed by atoms with Crippen LogP contribution in [-0.4, -0.2) is 62.6 Å². The van der Waals surface area contributed by atoms with Crippen molar-refractivity contribution in [3.63, 3.8) is 0 Å². The van der Waals surface area contributed by atoms with Crippen molar-refractivity contribution in [1.82, 2.24) is 10.2 Å². The molecular formula is C21H30N2O3. The summed E-state index contributed by atoms with van der Waals surface area (Å²) < 4.78 is 12.4. The third-order valence-corrected chi connectivity index (χ3v) is 7.62. The van der Waals surface area contributed by atoms with Crippen LogP contribution in [0.3, 0.4) is 0 Å². The lowest BCUT2D eigenvalue weighted by atomic mass is 9.50. The number of hydrogen-bond donors (Lipinski definition) is 2. The zero-order valence-corrected chi connectivity index (χ0v) is 15.8. The Balaban J connectivity index is 1.61. The van der Waals surface area contributed by atoms with E-state index in [4.69, 9.17) is 14.6 Å².